The fourth-order valence-corrected chi connectivity index (χ4v) is 4.18. The lowest BCUT2D eigenvalue weighted by molar-refractivity contribution is -0.139. The van der Waals surface area contributed by atoms with Crippen molar-refractivity contribution in [1.29, 1.82) is 0 Å². The molecule has 1 fully saturated rings. The average Bonchev–Trinajstić information content (AvgIpc) is 2.74. The van der Waals surface area contributed by atoms with Crippen LogP contribution < -0.4 is 4.74 Å². The van der Waals surface area contributed by atoms with Crippen molar-refractivity contribution in [2.45, 2.75) is 13.0 Å². The van der Waals surface area contributed by atoms with Crippen LogP contribution >= 0.6 is 0 Å². The van der Waals surface area contributed by atoms with Crippen molar-refractivity contribution >= 4 is 22.0 Å². The third-order valence-electron chi connectivity index (χ3n) is 4.62. The summed E-state index contributed by atoms with van der Waals surface area (Å²) in [6, 6.07) is 14.6. The first-order chi connectivity index (χ1) is 13.8. The van der Waals surface area contributed by atoms with Crippen LogP contribution in [0.25, 0.3) is 6.08 Å². The first kappa shape index (κ1) is 21.0. The van der Waals surface area contributed by atoms with Crippen LogP contribution in [0.1, 0.15) is 12.5 Å². The Morgan fingerprint density at radius 1 is 1.03 bits per heavy atom. The van der Waals surface area contributed by atoms with Crippen LogP contribution in [0.3, 0.4) is 0 Å². The van der Waals surface area contributed by atoms with Gasteiger partial charge in [0, 0.05) is 31.6 Å². The summed E-state index contributed by atoms with van der Waals surface area (Å²) in [4.78, 5) is 14.2. The van der Waals surface area contributed by atoms with Crippen LogP contribution in [0.4, 0.5) is 4.39 Å². The van der Waals surface area contributed by atoms with E-state index in [9.17, 15) is 17.6 Å². The van der Waals surface area contributed by atoms with Gasteiger partial charge >= 0.3 is 0 Å². The number of carbonyl (C=O) groups is 1. The van der Waals surface area contributed by atoms with Crippen molar-refractivity contribution in [3.63, 3.8) is 0 Å². The molecule has 0 unspecified atom stereocenters. The molecule has 2 aromatic rings. The number of ether oxygens (including phenoxy) is 1. The molecule has 1 heterocycles. The van der Waals surface area contributed by atoms with Crippen LogP contribution in [0.15, 0.2) is 60.0 Å². The zero-order valence-electron chi connectivity index (χ0n) is 16.1. The molecule has 0 aliphatic carbocycles. The lowest BCUT2D eigenvalue weighted by Gasteiger charge is -2.34. The average molecular weight is 418 g/mol. The Morgan fingerprint density at radius 2 is 1.66 bits per heavy atom. The molecule has 0 spiro atoms. The molecule has 1 aliphatic rings. The van der Waals surface area contributed by atoms with E-state index in [0.717, 1.165) is 5.56 Å². The van der Waals surface area contributed by atoms with Gasteiger partial charge in [-0.2, -0.15) is 4.31 Å². The molecule has 1 atom stereocenters. The van der Waals surface area contributed by atoms with E-state index in [1.165, 1.54) is 34.0 Å². The van der Waals surface area contributed by atoms with Crippen LogP contribution in [0, 0.1) is 5.82 Å². The van der Waals surface area contributed by atoms with Crippen LogP contribution in [-0.4, -0.2) is 55.8 Å². The van der Waals surface area contributed by atoms with Crippen LogP contribution in [0.5, 0.6) is 5.75 Å². The van der Waals surface area contributed by atoms with Gasteiger partial charge in [0.25, 0.3) is 5.91 Å². The van der Waals surface area contributed by atoms with Crippen LogP contribution in [0.2, 0.25) is 0 Å². The van der Waals surface area contributed by atoms with Gasteiger partial charge in [-0.1, -0.05) is 30.3 Å². The number of halogens is 1. The number of piperazine rings is 1. The number of nitrogens with zero attached hydrogens (tertiary/aromatic N) is 2. The van der Waals surface area contributed by atoms with Crippen molar-refractivity contribution in [2.75, 3.05) is 26.2 Å². The molecule has 8 heteroatoms. The molecule has 1 aliphatic heterocycles. The van der Waals surface area contributed by atoms with E-state index in [2.05, 4.69) is 0 Å². The third-order valence-corrected chi connectivity index (χ3v) is 6.18. The summed E-state index contributed by atoms with van der Waals surface area (Å²) in [6.45, 7) is 2.63. The normalized spacial score (nSPS) is 16.7. The van der Waals surface area contributed by atoms with E-state index in [-0.39, 0.29) is 37.9 Å². The Morgan fingerprint density at radius 3 is 2.28 bits per heavy atom. The maximum atomic E-state index is 13.0. The van der Waals surface area contributed by atoms with Gasteiger partial charge in [0.2, 0.25) is 10.0 Å². The molecule has 0 saturated carbocycles. The lowest BCUT2D eigenvalue weighted by Crippen LogP contribution is -2.52. The minimum atomic E-state index is -3.56. The molecule has 29 heavy (non-hydrogen) atoms. The number of amides is 1. The predicted molar refractivity (Wildman–Crippen MR) is 109 cm³/mol. The van der Waals surface area contributed by atoms with Crippen molar-refractivity contribution in [3.05, 3.63) is 71.4 Å². The molecule has 154 valence electrons. The lowest BCUT2D eigenvalue weighted by atomic mass is 10.2. The Hall–Kier alpha value is -2.71. The molecule has 3 rings (SSSR count). The first-order valence-corrected chi connectivity index (χ1v) is 10.8. The van der Waals surface area contributed by atoms with E-state index in [1.54, 1.807) is 17.9 Å². The summed E-state index contributed by atoms with van der Waals surface area (Å²) in [5.41, 5.74) is 0.802. The highest BCUT2D eigenvalue weighted by Gasteiger charge is 2.30. The summed E-state index contributed by atoms with van der Waals surface area (Å²) >= 11 is 0. The molecule has 0 aromatic heterocycles. The second-order valence-corrected chi connectivity index (χ2v) is 8.52. The van der Waals surface area contributed by atoms with E-state index < -0.39 is 16.1 Å². The van der Waals surface area contributed by atoms with E-state index in [4.69, 9.17) is 4.74 Å². The summed E-state index contributed by atoms with van der Waals surface area (Å²) < 4.78 is 44.9. The van der Waals surface area contributed by atoms with Gasteiger partial charge in [-0.05, 0) is 42.8 Å². The van der Waals surface area contributed by atoms with Crippen LogP contribution in [-0.2, 0) is 14.8 Å². The highest BCUT2D eigenvalue weighted by molar-refractivity contribution is 7.92. The smallest absolute Gasteiger partial charge is 0.263 e. The van der Waals surface area contributed by atoms with Gasteiger partial charge in [0.1, 0.15) is 11.6 Å². The minimum absolute atomic E-state index is 0.219. The van der Waals surface area contributed by atoms with Crippen molar-refractivity contribution in [3.8, 4) is 5.75 Å². The molecule has 1 amide bonds. The van der Waals surface area contributed by atoms with E-state index >= 15 is 0 Å². The second kappa shape index (κ2) is 9.19. The fourth-order valence-electron chi connectivity index (χ4n) is 3.00. The molecule has 6 nitrogen and oxygen atoms in total. The van der Waals surface area contributed by atoms with Gasteiger partial charge in [0.05, 0.1) is 0 Å². The minimum Gasteiger partial charge on any atom is -0.481 e. The highest BCUT2D eigenvalue weighted by Crippen LogP contribution is 2.16. The molecule has 1 saturated heterocycles. The molecule has 0 bridgehead atoms. The van der Waals surface area contributed by atoms with Gasteiger partial charge in [0.15, 0.2) is 6.10 Å². The third kappa shape index (κ3) is 5.65. The molecular weight excluding hydrogens is 395 g/mol. The number of hydrogen-bond donors (Lipinski definition) is 0. The second-order valence-electron chi connectivity index (χ2n) is 6.70. The number of hydrogen-bond acceptors (Lipinski definition) is 4. The number of benzene rings is 2. The Bertz CT molecular complexity index is 954. The number of carbonyl (C=O) groups excluding carboxylic acids is 1. The summed E-state index contributed by atoms with van der Waals surface area (Å²) in [5, 5.41) is 1.19. The topological polar surface area (TPSA) is 66.9 Å². The standard InChI is InChI=1S/C21H23FN2O4S/c1-17(28-20-9-7-19(22)8-10-20)21(25)23-12-14-24(15-13-23)29(26,27)16-11-18-5-3-2-4-6-18/h2-11,16-17H,12-15H2,1H3/b16-11+/t17-/m0/s1. The number of sulfonamides is 1. The molecular formula is C21H23FN2O4S. The quantitative estimate of drug-likeness (QED) is 0.724. The maximum absolute atomic E-state index is 13.0. The summed E-state index contributed by atoms with van der Waals surface area (Å²) in [5.74, 6) is -0.208. The van der Waals surface area contributed by atoms with Gasteiger partial charge < -0.3 is 9.64 Å². The monoisotopic (exact) mass is 418 g/mol. The van der Waals surface area contributed by atoms with Crippen molar-refractivity contribution < 1.29 is 22.3 Å². The molecule has 2 aromatic carbocycles. The SMILES string of the molecule is C[C@H](Oc1ccc(F)cc1)C(=O)N1CCN(S(=O)(=O)/C=C/c2ccccc2)CC1. The molecule has 0 radical (unpaired) electrons. The van der Waals surface area contributed by atoms with Gasteiger partial charge in [-0.15, -0.1) is 0 Å². The molecule has 0 N–H and O–H groups in total. The summed E-state index contributed by atoms with van der Waals surface area (Å²) in [7, 11) is -3.56. The highest BCUT2D eigenvalue weighted by atomic mass is 32.2. The number of rotatable bonds is 6. The largest absolute Gasteiger partial charge is 0.481 e. The summed E-state index contributed by atoms with van der Waals surface area (Å²) in [6.07, 6.45) is 0.812. The van der Waals surface area contributed by atoms with Gasteiger partial charge in [-0.3, -0.25) is 4.79 Å². The zero-order chi connectivity index (χ0) is 20.9. The van der Waals surface area contributed by atoms with Crippen molar-refractivity contribution in [1.82, 2.24) is 9.21 Å². The van der Waals surface area contributed by atoms with E-state index in [0.29, 0.717) is 5.75 Å². The Labute approximate surface area is 170 Å². The fraction of sp³-hybridized carbons (Fsp3) is 0.286. The van der Waals surface area contributed by atoms with Gasteiger partial charge in [-0.25, -0.2) is 12.8 Å². The van der Waals surface area contributed by atoms with Crippen molar-refractivity contribution in [2.24, 2.45) is 0 Å². The zero-order valence-corrected chi connectivity index (χ0v) is 16.9. The predicted octanol–water partition coefficient (Wildman–Crippen LogP) is 2.74. The Balaban J connectivity index is 1.54. The van der Waals surface area contributed by atoms with E-state index in [1.807, 2.05) is 30.3 Å². The maximum Gasteiger partial charge on any atom is 0.263 e. The Kier molecular flexibility index (Phi) is 6.66. The first-order valence-electron chi connectivity index (χ1n) is 9.29.